The number of alkyl halides is 3. The van der Waals surface area contributed by atoms with Crippen molar-refractivity contribution >= 4 is 16.8 Å². The Hall–Kier alpha value is -2.96. The van der Waals surface area contributed by atoms with Gasteiger partial charge in [0, 0.05) is 10.9 Å². The summed E-state index contributed by atoms with van der Waals surface area (Å²) in [5, 5.41) is 3.66. The zero-order valence-electron chi connectivity index (χ0n) is 13.2. The lowest BCUT2D eigenvalue weighted by molar-refractivity contribution is -0.274. The number of amides is 1. The van der Waals surface area contributed by atoms with Crippen LogP contribution in [0.25, 0.3) is 10.9 Å². The molecule has 1 unspecified atom stereocenters. The van der Waals surface area contributed by atoms with Crippen molar-refractivity contribution in [3.05, 3.63) is 65.9 Å². The van der Waals surface area contributed by atoms with Gasteiger partial charge in [0.25, 0.3) is 5.91 Å². The zero-order valence-corrected chi connectivity index (χ0v) is 13.2. The highest BCUT2D eigenvalue weighted by Crippen LogP contribution is 2.25. The van der Waals surface area contributed by atoms with Gasteiger partial charge in [-0.15, -0.1) is 13.2 Å². The van der Waals surface area contributed by atoms with Crippen LogP contribution in [0.15, 0.2) is 54.6 Å². The highest BCUT2D eigenvalue weighted by Gasteiger charge is 2.31. The minimum absolute atomic E-state index is 0.322. The molecule has 0 radical (unpaired) electrons. The molecule has 4 nitrogen and oxygen atoms in total. The first-order valence-electron chi connectivity index (χ1n) is 7.56. The number of H-pyrrole nitrogens is 1. The van der Waals surface area contributed by atoms with Crippen molar-refractivity contribution in [2.24, 2.45) is 0 Å². The second kappa shape index (κ2) is 6.51. The van der Waals surface area contributed by atoms with Gasteiger partial charge < -0.3 is 15.0 Å². The smallest absolute Gasteiger partial charge is 0.406 e. The van der Waals surface area contributed by atoms with Gasteiger partial charge in [0.2, 0.25) is 0 Å². The van der Waals surface area contributed by atoms with Gasteiger partial charge in [-0.3, -0.25) is 4.79 Å². The average Bonchev–Trinajstić information content (AvgIpc) is 2.97. The third-order valence-electron chi connectivity index (χ3n) is 3.71. The molecular formula is C18H15F3N2O2. The number of fused-ring (bicyclic) bond motifs is 1. The molecule has 1 atom stereocenters. The van der Waals surface area contributed by atoms with Crippen LogP contribution in [0.2, 0.25) is 0 Å². The van der Waals surface area contributed by atoms with Gasteiger partial charge in [0.1, 0.15) is 11.4 Å². The predicted octanol–water partition coefficient (Wildman–Crippen LogP) is 4.56. The summed E-state index contributed by atoms with van der Waals surface area (Å²) in [7, 11) is 0. The minimum atomic E-state index is -4.75. The first-order chi connectivity index (χ1) is 11.8. The summed E-state index contributed by atoms with van der Waals surface area (Å²) in [6.45, 7) is 1.69. The number of hydrogen-bond donors (Lipinski definition) is 2. The molecular weight excluding hydrogens is 333 g/mol. The molecule has 0 aliphatic carbocycles. The second-order valence-corrected chi connectivity index (χ2v) is 5.59. The molecule has 2 aromatic carbocycles. The number of halogens is 3. The molecule has 3 rings (SSSR count). The Morgan fingerprint density at radius 1 is 1.12 bits per heavy atom. The molecule has 1 heterocycles. The van der Waals surface area contributed by atoms with Gasteiger partial charge in [-0.25, -0.2) is 0 Å². The van der Waals surface area contributed by atoms with Crippen molar-refractivity contribution in [1.82, 2.24) is 10.3 Å². The Labute approximate surface area is 141 Å². The molecule has 0 saturated heterocycles. The van der Waals surface area contributed by atoms with E-state index >= 15 is 0 Å². The number of carbonyl (C=O) groups is 1. The lowest BCUT2D eigenvalue weighted by Gasteiger charge is -2.15. The highest BCUT2D eigenvalue weighted by molar-refractivity contribution is 5.98. The van der Waals surface area contributed by atoms with Gasteiger partial charge in [-0.05, 0) is 36.8 Å². The third-order valence-corrected chi connectivity index (χ3v) is 3.71. The molecule has 0 saturated carbocycles. The molecule has 1 amide bonds. The van der Waals surface area contributed by atoms with Crippen molar-refractivity contribution in [3.8, 4) is 5.75 Å². The Bertz CT molecular complexity index is 869. The Morgan fingerprint density at radius 3 is 2.60 bits per heavy atom. The lowest BCUT2D eigenvalue weighted by Crippen LogP contribution is -2.27. The standard InChI is InChI=1S/C18H15F3N2O2/c1-11(12-6-4-7-14(9-12)25-18(19,20)21)22-17(24)16-10-13-5-2-3-8-15(13)23-16/h2-11,23H,1H3,(H,22,24). The van der Waals surface area contributed by atoms with E-state index in [0.29, 0.717) is 11.3 Å². The van der Waals surface area contributed by atoms with Crippen molar-refractivity contribution in [3.63, 3.8) is 0 Å². The van der Waals surface area contributed by atoms with E-state index < -0.39 is 12.4 Å². The maximum atomic E-state index is 12.4. The maximum Gasteiger partial charge on any atom is 0.573 e. The summed E-state index contributed by atoms with van der Waals surface area (Å²) < 4.78 is 40.8. The van der Waals surface area contributed by atoms with E-state index in [0.717, 1.165) is 10.9 Å². The fourth-order valence-corrected chi connectivity index (χ4v) is 2.53. The van der Waals surface area contributed by atoms with Crippen molar-refractivity contribution in [2.45, 2.75) is 19.3 Å². The van der Waals surface area contributed by atoms with E-state index in [2.05, 4.69) is 15.0 Å². The number of rotatable bonds is 4. The molecule has 0 bridgehead atoms. The number of para-hydroxylation sites is 1. The summed E-state index contributed by atoms with van der Waals surface area (Å²) in [4.78, 5) is 15.4. The fraction of sp³-hybridized carbons (Fsp3) is 0.167. The molecule has 7 heteroatoms. The molecule has 0 fully saturated rings. The van der Waals surface area contributed by atoms with Crippen LogP contribution in [-0.4, -0.2) is 17.3 Å². The number of nitrogens with one attached hydrogen (secondary N) is 2. The van der Waals surface area contributed by atoms with Crippen LogP contribution in [0, 0.1) is 0 Å². The van der Waals surface area contributed by atoms with E-state index in [4.69, 9.17) is 0 Å². The Balaban J connectivity index is 1.74. The van der Waals surface area contributed by atoms with E-state index in [1.807, 2.05) is 24.3 Å². The number of hydrogen-bond acceptors (Lipinski definition) is 2. The van der Waals surface area contributed by atoms with E-state index in [1.54, 1.807) is 19.1 Å². The molecule has 25 heavy (non-hydrogen) atoms. The summed E-state index contributed by atoms with van der Waals surface area (Å²) in [6.07, 6.45) is -4.75. The van der Waals surface area contributed by atoms with Crippen molar-refractivity contribution in [2.75, 3.05) is 0 Å². The first kappa shape index (κ1) is 16.9. The number of aromatic nitrogens is 1. The van der Waals surface area contributed by atoms with E-state index in [-0.39, 0.29) is 11.7 Å². The minimum Gasteiger partial charge on any atom is -0.406 e. The van der Waals surface area contributed by atoms with Gasteiger partial charge in [0.05, 0.1) is 6.04 Å². The summed E-state index contributed by atoms with van der Waals surface area (Å²) in [5.41, 5.74) is 1.72. The molecule has 0 spiro atoms. The largest absolute Gasteiger partial charge is 0.573 e. The quantitative estimate of drug-likeness (QED) is 0.726. The highest BCUT2D eigenvalue weighted by atomic mass is 19.4. The maximum absolute atomic E-state index is 12.4. The number of ether oxygens (including phenoxy) is 1. The van der Waals surface area contributed by atoms with Crippen LogP contribution in [0.1, 0.15) is 29.0 Å². The Morgan fingerprint density at radius 2 is 1.88 bits per heavy atom. The third kappa shape index (κ3) is 4.12. The summed E-state index contributed by atoms with van der Waals surface area (Å²) in [5.74, 6) is -0.664. The number of aromatic amines is 1. The van der Waals surface area contributed by atoms with Gasteiger partial charge in [-0.1, -0.05) is 30.3 Å². The van der Waals surface area contributed by atoms with Crippen molar-refractivity contribution < 1.29 is 22.7 Å². The first-order valence-corrected chi connectivity index (χ1v) is 7.56. The average molecular weight is 348 g/mol. The second-order valence-electron chi connectivity index (χ2n) is 5.59. The van der Waals surface area contributed by atoms with Crippen LogP contribution >= 0.6 is 0 Å². The molecule has 0 aliphatic rings. The van der Waals surface area contributed by atoms with E-state index in [1.165, 1.54) is 18.2 Å². The van der Waals surface area contributed by atoms with Crippen LogP contribution in [-0.2, 0) is 0 Å². The van der Waals surface area contributed by atoms with Crippen molar-refractivity contribution in [1.29, 1.82) is 0 Å². The molecule has 1 aromatic heterocycles. The molecule has 130 valence electrons. The topological polar surface area (TPSA) is 54.1 Å². The number of carbonyl (C=O) groups excluding carboxylic acids is 1. The molecule has 2 N–H and O–H groups in total. The van der Waals surface area contributed by atoms with Gasteiger partial charge >= 0.3 is 6.36 Å². The van der Waals surface area contributed by atoms with Gasteiger partial charge in [0.15, 0.2) is 0 Å². The van der Waals surface area contributed by atoms with Crippen LogP contribution < -0.4 is 10.1 Å². The van der Waals surface area contributed by atoms with Crippen LogP contribution in [0.4, 0.5) is 13.2 Å². The monoisotopic (exact) mass is 348 g/mol. The Kier molecular flexibility index (Phi) is 4.39. The number of benzene rings is 2. The van der Waals surface area contributed by atoms with Gasteiger partial charge in [-0.2, -0.15) is 0 Å². The van der Waals surface area contributed by atoms with Crippen LogP contribution in [0.5, 0.6) is 5.75 Å². The fourth-order valence-electron chi connectivity index (χ4n) is 2.53. The summed E-state index contributed by atoms with van der Waals surface area (Å²) >= 11 is 0. The molecule has 3 aromatic rings. The van der Waals surface area contributed by atoms with Crippen LogP contribution in [0.3, 0.4) is 0 Å². The normalized spacial score (nSPS) is 12.8. The lowest BCUT2D eigenvalue weighted by atomic mass is 10.1. The predicted molar refractivity (Wildman–Crippen MR) is 87.3 cm³/mol. The molecule has 0 aliphatic heterocycles. The summed E-state index contributed by atoms with van der Waals surface area (Å²) in [6, 6.07) is 14.2. The SMILES string of the molecule is CC(NC(=O)c1cc2ccccc2[nH]1)c1cccc(OC(F)(F)F)c1. The van der Waals surface area contributed by atoms with E-state index in [9.17, 15) is 18.0 Å². The zero-order chi connectivity index (χ0) is 18.0.